The predicted octanol–water partition coefficient (Wildman–Crippen LogP) is 4.04. The average Bonchev–Trinajstić information content (AvgIpc) is 2.55. The first-order valence-electron chi connectivity index (χ1n) is 7.08. The second-order valence-electron chi connectivity index (χ2n) is 4.80. The van der Waals surface area contributed by atoms with E-state index < -0.39 is 0 Å². The lowest BCUT2D eigenvalue weighted by Crippen LogP contribution is -2.34. The Hall–Kier alpha value is -2.11. The molecule has 120 valence electrons. The van der Waals surface area contributed by atoms with Crippen molar-refractivity contribution in [1.82, 2.24) is 5.32 Å². The monoisotopic (exact) mass is 348 g/mol. The lowest BCUT2D eigenvalue weighted by Gasteiger charge is -2.12. The SMILES string of the molecule is CCc1ccc(NC(=S)NC(=O)c2cc(Cl)ccc2OC)cc1. The smallest absolute Gasteiger partial charge is 0.261 e. The van der Waals surface area contributed by atoms with E-state index in [1.54, 1.807) is 12.1 Å². The van der Waals surface area contributed by atoms with Crippen molar-refractivity contribution < 1.29 is 9.53 Å². The van der Waals surface area contributed by atoms with Gasteiger partial charge in [0, 0.05) is 10.7 Å². The van der Waals surface area contributed by atoms with E-state index in [1.807, 2.05) is 24.3 Å². The van der Waals surface area contributed by atoms with Gasteiger partial charge in [-0.3, -0.25) is 10.1 Å². The molecule has 1 amide bonds. The number of carbonyl (C=O) groups is 1. The van der Waals surface area contributed by atoms with Crippen LogP contribution in [0.4, 0.5) is 5.69 Å². The van der Waals surface area contributed by atoms with E-state index in [4.69, 9.17) is 28.6 Å². The Morgan fingerprint density at radius 3 is 2.52 bits per heavy atom. The van der Waals surface area contributed by atoms with Gasteiger partial charge >= 0.3 is 0 Å². The standard InChI is InChI=1S/C17H17ClN2O2S/c1-3-11-4-7-13(8-5-11)19-17(23)20-16(21)14-10-12(18)6-9-15(14)22-2/h4-10H,3H2,1-2H3,(H2,19,20,21,23). The number of rotatable bonds is 4. The van der Waals surface area contributed by atoms with E-state index in [1.165, 1.54) is 18.7 Å². The van der Waals surface area contributed by atoms with Crippen LogP contribution in [-0.2, 0) is 6.42 Å². The van der Waals surface area contributed by atoms with E-state index >= 15 is 0 Å². The molecular weight excluding hydrogens is 332 g/mol. The van der Waals surface area contributed by atoms with E-state index in [-0.39, 0.29) is 11.0 Å². The molecule has 0 unspecified atom stereocenters. The minimum absolute atomic E-state index is 0.210. The van der Waals surface area contributed by atoms with E-state index in [2.05, 4.69) is 17.6 Å². The van der Waals surface area contributed by atoms with Crippen molar-refractivity contribution in [1.29, 1.82) is 0 Å². The van der Waals surface area contributed by atoms with E-state index in [9.17, 15) is 4.79 Å². The molecule has 0 bridgehead atoms. The Balaban J connectivity index is 2.04. The quantitative estimate of drug-likeness (QED) is 0.819. The summed E-state index contributed by atoms with van der Waals surface area (Å²) < 4.78 is 5.16. The third kappa shape index (κ3) is 4.68. The Kier molecular flexibility index (Phi) is 5.96. The average molecular weight is 349 g/mol. The summed E-state index contributed by atoms with van der Waals surface area (Å²) in [6.45, 7) is 2.09. The number of anilines is 1. The largest absolute Gasteiger partial charge is 0.496 e. The number of aryl methyl sites for hydroxylation is 1. The highest BCUT2D eigenvalue weighted by Crippen LogP contribution is 2.22. The summed E-state index contributed by atoms with van der Waals surface area (Å²) in [5.74, 6) is 0.0500. The van der Waals surface area contributed by atoms with Crippen LogP contribution in [-0.4, -0.2) is 18.1 Å². The lowest BCUT2D eigenvalue weighted by atomic mass is 10.1. The van der Waals surface area contributed by atoms with Crippen LogP contribution in [0.3, 0.4) is 0 Å². The number of halogens is 1. The molecule has 0 heterocycles. The number of ether oxygens (including phenoxy) is 1. The molecule has 0 aliphatic heterocycles. The van der Waals surface area contributed by atoms with Gasteiger partial charge in [0.15, 0.2) is 5.11 Å². The fraction of sp³-hybridized carbons (Fsp3) is 0.176. The van der Waals surface area contributed by atoms with Crippen molar-refractivity contribution in [2.45, 2.75) is 13.3 Å². The zero-order valence-electron chi connectivity index (χ0n) is 12.9. The summed E-state index contributed by atoms with van der Waals surface area (Å²) in [5.41, 5.74) is 2.37. The first-order valence-corrected chi connectivity index (χ1v) is 7.87. The summed E-state index contributed by atoms with van der Waals surface area (Å²) >= 11 is 11.1. The molecule has 2 rings (SSSR count). The number of amides is 1. The molecule has 2 aromatic carbocycles. The minimum Gasteiger partial charge on any atom is -0.496 e. The molecule has 23 heavy (non-hydrogen) atoms. The number of nitrogens with one attached hydrogen (secondary N) is 2. The van der Waals surface area contributed by atoms with Crippen molar-refractivity contribution >= 4 is 40.5 Å². The molecular formula is C17H17ClN2O2S. The number of hydrogen-bond donors (Lipinski definition) is 2. The Labute approximate surface area is 145 Å². The molecule has 0 fully saturated rings. The van der Waals surface area contributed by atoms with Gasteiger partial charge in [0.1, 0.15) is 5.75 Å². The van der Waals surface area contributed by atoms with Crippen LogP contribution in [0, 0.1) is 0 Å². The molecule has 0 saturated carbocycles. The maximum Gasteiger partial charge on any atom is 0.261 e. The normalized spacial score (nSPS) is 10.0. The van der Waals surface area contributed by atoms with Gasteiger partial charge in [0.2, 0.25) is 0 Å². The van der Waals surface area contributed by atoms with Crippen molar-refractivity contribution in [3.05, 3.63) is 58.6 Å². The van der Waals surface area contributed by atoms with Crippen LogP contribution in [0.25, 0.3) is 0 Å². The number of carbonyl (C=O) groups excluding carboxylic acids is 1. The van der Waals surface area contributed by atoms with Crippen molar-refractivity contribution in [2.75, 3.05) is 12.4 Å². The molecule has 0 radical (unpaired) electrons. The van der Waals surface area contributed by atoms with E-state index in [0.717, 1.165) is 12.1 Å². The van der Waals surface area contributed by atoms with Crippen molar-refractivity contribution in [2.24, 2.45) is 0 Å². The summed E-state index contributed by atoms with van der Waals surface area (Å²) in [4.78, 5) is 12.3. The predicted molar refractivity (Wildman–Crippen MR) is 97.5 cm³/mol. The van der Waals surface area contributed by atoms with Crippen LogP contribution in [0.2, 0.25) is 5.02 Å². The topological polar surface area (TPSA) is 50.4 Å². The Morgan fingerprint density at radius 1 is 1.22 bits per heavy atom. The number of thiocarbonyl (C=S) groups is 1. The van der Waals surface area contributed by atoms with Gasteiger partial charge in [-0.1, -0.05) is 30.7 Å². The molecule has 4 nitrogen and oxygen atoms in total. The van der Waals surface area contributed by atoms with Crippen molar-refractivity contribution in [3.8, 4) is 5.75 Å². The second kappa shape index (κ2) is 7.94. The zero-order chi connectivity index (χ0) is 16.8. The van der Waals surface area contributed by atoms with Crippen molar-refractivity contribution in [3.63, 3.8) is 0 Å². The zero-order valence-corrected chi connectivity index (χ0v) is 14.4. The molecule has 2 aromatic rings. The fourth-order valence-corrected chi connectivity index (χ4v) is 2.40. The van der Waals surface area contributed by atoms with Crippen LogP contribution >= 0.6 is 23.8 Å². The van der Waals surface area contributed by atoms with Gasteiger partial charge in [-0.05, 0) is 54.5 Å². The fourth-order valence-electron chi connectivity index (χ4n) is 2.01. The molecule has 0 aliphatic rings. The highest BCUT2D eigenvalue weighted by atomic mass is 35.5. The van der Waals surface area contributed by atoms with Gasteiger partial charge in [-0.15, -0.1) is 0 Å². The lowest BCUT2D eigenvalue weighted by molar-refractivity contribution is 0.0975. The van der Waals surface area contributed by atoms with Gasteiger partial charge in [-0.2, -0.15) is 0 Å². The second-order valence-corrected chi connectivity index (χ2v) is 5.65. The van der Waals surface area contributed by atoms with Gasteiger partial charge < -0.3 is 10.1 Å². The first kappa shape index (κ1) is 17.2. The van der Waals surface area contributed by atoms with Crippen LogP contribution in [0.5, 0.6) is 5.75 Å². The minimum atomic E-state index is -0.382. The molecule has 6 heteroatoms. The van der Waals surface area contributed by atoms with E-state index in [0.29, 0.717) is 16.3 Å². The summed E-state index contributed by atoms with van der Waals surface area (Å²) in [6, 6.07) is 12.7. The number of methoxy groups -OCH3 is 1. The van der Waals surface area contributed by atoms with Crippen LogP contribution in [0.1, 0.15) is 22.8 Å². The highest BCUT2D eigenvalue weighted by Gasteiger charge is 2.14. The Morgan fingerprint density at radius 2 is 1.91 bits per heavy atom. The third-order valence-corrected chi connectivity index (χ3v) is 3.69. The molecule has 0 aromatic heterocycles. The molecule has 0 aliphatic carbocycles. The summed E-state index contributed by atoms with van der Waals surface area (Å²) in [6.07, 6.45) is 0.968. The number of benzene rings is 2. The van der Waals surface area contributed by atoms with Gasteiger partial charge in [0.05, 0.1) is 12.7 Å². The van der Waals surface area contributed by atoms with Gasteiger partial charge in [0.25, 0.3) is 5.91 Å². The molecule has 0 spiro atoms. The maximum absolute atomic E-state index is 12.3. The molecule has 2 N–H and O–H groups in total. The van der Waals surface area contributed by atoms with Gasteiger partial charge in [-0.25, -0.2) is 0 Å². The van der Waals surface area contributed by atoms with Crippen LogP contribution < -0.4 is 15.4 Å². The first-order chi connectivity index (χ1) is 11.0. The molecule has 0 saturated heterocycles. The number of hydrogen-bond acceptors (Lipinski definition) is 3. The highest BCUT2D eigenvalue weighted by molar-refractivity contribution is 7.80. The molecule has 0 atom stereocenters. The summed E-state index contributed by atoms with van der Waals surface area (Å²) in [7, 11) is 1.49. The summed E-state index contributed by atoms with van der Waals surface area (Å²) in [5, 5.41) is 6.25. The third-order valence-electron chi connectivity index (χ3n) is 3.25. The maximum atomic E-state index is 12.3. The Bertz CT molecular complexity index is 717. The van der Waals surface area contributed by atoms with Crippen LogP contribution in [0.15, 0.2) is 42.5 Å².